The van der Waals surface area contributed by atoms with E-state index in [9.17, 15) is 9.59 Å². The van der Waals surface area contributed by atoms with E-state index >= 15 is 0 Å². The van der Waals surface area contributed by atoms with Gasteiger partial charge in [0.05, 0.1) is 17.2 Å². The molecule has 1 amide bonds. The van der Waals surface area contributed by atoms with Crippen molar-refractivity contribution in [1.82, 2.24) is 19.9 Å². The number of aryl methyl sites for hydroxylation is 2. The second-order valence-corrected chi connectivity index (χ2v) is 10.5. The summed E-state index contributed by atoms with van der Waals surface area (Å²) in [4.78, 5) is 34.3. The number of nitrogens with zero attached hydrogens (tertiary/aromatic N) is 3. The monoisotopic (exact) mass is 550 g/mol. The van der Waals surface area contributed by atoms with Gasteiger partial charge < -0.3 is 14.3 Å². The molecule has 0 saturated carbocycles. The van der Waals surface area contributed by atoms with Gasteiger partial charge in [-0.2, -0.15) is 0 Å². The first-order chi connectivity index (χ1) is 20.1. The van der Waals surface area contributed by atoms with Crippen LogP contribution >= 0.6 is 0 Å². The first-order valence-electron chi connectivity index (χ1n) is 14.8. The maximum Gasteiger partial charge on any atom is 0.222 e. The summed E-state index contributed by atoms with van der Waals surface area (Å²) in [6.07, 6.45) is 7.38. The van der Waals surface area contributed by atoms with Crippen LogP contribution in [0.5, 0.6) is 0 Å². The largest absolute Gasteiger partial charge is 0.438 e. The van der Waals surface area contributed by atoms with Gasteiger partial charge in [-0.05, 0) is 41.8 Å². The van der Waals surface area contributed by atoms with Crippen molar-refractivity contribution in [2.24, 2.45) is 0 Å². The van der Waals surface area contributed by atoms with Crippen LogP contribution in [0.1, 0.15) is 76.6 Å². The molecular formula is C34H38N4O3. The van der Waals surface area contributed by atoms with E-state index in [1.807, 2.05) is 49.4 Å². The van der Waals surface area contributed by atoms with Gasteiger partial charge in [-0.3, -0.25) is 9.59 Å². The third-order valence-corrected chi connectivity index (χ3v) is 7.65. The van der Waals surface area contributed by atoms with E-state index in [1.54, 1.807) is 6.20 Å². The van der Waals surface area contributed by atoms with Gasteiger partial charge in [0.15, 0.2) is 5.76 Å². The molecule has 1 N–H and O–H groups in total. The molecule has 0 saturated heterocycles. The van der Waals surface area contributed by atoms with Gasteiger partial charge in [-0.15, -0.1) is 0 Å². The van der Waals surface area contributed by atoms with Crippen LogP contribution < -0.4 is 5.32 Å². The summed E-state index contributed by atoms with van der Waals surface area (Å²) in [5, 5.41) is 5.49. The Morgan fingerprint density at radius 1 is 0.927 bits per heavy atom. The van der Waals surface area contributed by atoms with Crippen LogP contribution in [0.15, 0.2) is 77.3 Å². The van der Waals surface area contributed by atoms with Gasteiger partial charge in [0.25, 0.3) is 0 Å². The minimum absolute atomic E-state index is 0.0542. The van der Waals surface area contributed by atoms with Crippen molar-refractivity contribution in [3.05, 3.63) is 84.6 Å². The molecule has 0 aliphatic carbocycles. The molecule has 0 aliphatic heterocycles. The molecule has 3 aromatic carbocycles. The third-order valence-electron chi connectivity index (χ3n) is 7.65. The standard InChI is InChI=1S/C34H38N4O3/c1-3-27(39)14-6-5-7-16-29(34-35-23-31(41-34)26-19-18-24-12-8-9-13-25(24)22-26)37-33(40)20-21-38-30-17-11-10-15-28(30)36-32(38)4-2/h8-13,15,17-19,22-23,29H,3-7,14,16,20-21H2,1-2H3,(H,37,40)/t29-/m0/s1. The summed E-state index contributed by atoms with van der Waals surface area (Å²) in [6, 6.07) is 22.1. The maximum absolute atomic E-state index is 13.2. The summed E-state index contributed by atoms with van der Waals surface area (Å²) in [7, 11) is 0. The molecule has 0 fully saturated rings. The molecule has 7 heteroatoms. The summed E-state index contributed by atoms with van der Waals surface area (Å²) in [5.41, 5.74) is 2.94. The van der Waals surface area contributed by atoms with Crippen molar-refractivity contribution in [3.63, 3.8) is 0 Å². The van der Waals surface area contributed by atoms with Gasteiger partial charge in [0, 0.05) is 37.8 Å². The molecule has 0 spiro atoms. The van der Waals surface area contributed by atoms with Crippen molar-refractivity contribution in [2.45, 2.75) is 77.8 Å². The highest BCUT2D eigenvalue weighted by atomic mass is 16.4. The van der Waals surface area contributed by atoms with Crippen LogP contribution in [0.3, 0.4) is 0 Å². The fourth-order valence-electron chi connectivity index (χ4n) is 5.33. The number of hydrogen-bond donors (Lipinski definition) is 1. The van der Waals surface area contributed by atoms with Gasteiger partial charge in [0.2, 0.25) is 11.8 Å². The Morgan fingerprint density at radius 2 is 1.73 bits per heavy atom. The van der Waals surface area contributed by atoms with Crippen LogP contribution in [-0.2, 0) is 22.6 Å². The molecular weight excluding hydrogens is 512 g/mol. The Hall–Kier alpha value is -4.26. The number of carbonyl (C=O) groups excluding carboxylic acids is 2. The van der Waals surface area contributed by atoms with E-state index < -0.39 is 0 Å². The minimum Gasteiger partial charge on any atom is -0.438 e. The number of para-hydroxylation sites is 2. The van der Waals surface area contributed by atoms with E-state index in [0.29, 0.717) is 49.7 Å². The molecule has 1 atom stereocenters. The number of unbranched alkanes of at least 4 members (excludes halogenated alkanes) is 2. The Labute approximate surface area is 241 Å². The fraction of sp³-hybridized carbons (Fsp3) is 0.353. The molecule has 5 rings (SSSR count). The van der Waals surface area contributed by atoms with E-state index in [2.05, 4.69) is 46.1 Å². The zero-order valence-corrected chi connectivity index (χ0v) is 23.9. The first-order valence-corrected chi connectivity index (χ1v) is 14.8. The number of imidazole rings is 1. The van der Waals surface area contributed by atoms with Crippen LogP contribution in [0, 0.1) is 0 Å². The highest BCUT2D eigenvalue weighted by Crippen LogP contribution is 2.28. The minimum atomic E-state index is -0.344. The molecule has 2 heterocycles. The van der Waals surface area contributed by atoms with Crippen LogP contribution in [0.25, 0.3) is 33.1 Å². The number of oxazole rings is 1. The molecule has 0 unspecified atom stereocenters. The lowest BCUT2D eigenvalue weighted by Crippen LogP contribution is -2.29. The molecule has 0 aliphatic rings. The number of carbonyl (C=O) groups is 2. The normalized spacial score (nSPS) is 12.1. The van der Waals surface area contributed by atoms with Crippen molar-refractivity contribution in [3.8, 4) is 11.3 Å². The van der Waals surface area contributed by atoms with Crippen LogP contribution in [0.2, 0.25) is 0 Å². The number of ketones is 1. The maximum atomic E-state index is 13.2. The van der Waals surface area contributed by atoms with Gasteiger partial charge in [-0.1, -0.05) is 75.2 Å². The number of amides is 1. The smallest absolute Gasteiger partial charge is 0.222 e. The lowest BCUT2D eigenvalue weighted by molar-refractivity contribution is -0.122. The molecule has 7 nitrogen and oxygen atoms in total. The summed E-state index contributed by atoms with van der Waals surface area (Å²) >= 11 is 0. The number of hydrogen-bond acceptors (Lipinski definition) is 5. The average molecular weight is 551 g/mol. The quantitative estimate of drug-likeness (QED) is 0.144. The van der Waals surface area contributed by atoms with Crippen LogP contribution in [0.4, 0.5) is 0 Å². The summed E-state index contributed by atoms with van der Waals surface area (Å²) < 4.78 is 8.38. The summed E-state index contributed by atoms with van der Waals surface area (Å²) in [5.74, 6) is 2.40. The molecule has 41 heavy (non-hydrogen) atoms. The highest BCUT2D eigenvalue weighted by molar-refractivity contribution is 5.86. The Bertz CT molecular complexity index is 1630. The van der Waals surface area contributed by atoms with Crippen molar-refractivity contribution in [2.75, 3.05) is 0 Å². The number of aromatic nitrogens is 3. The lowest BCUT2D eigenvalue weighted by Gasteiger charge is -2.16. The first kappa shape index (κ1) is 28.3. The van der Waals surface area contributed by atoms with E-state index in [-0.39, 0.29) is 11.9 Å². The van der Waals surface area contributed by atoms with Crippen LogP contribution in [-0.4, -0.2) is 26.2 Å². The van der Waals surface area contributed by atoms with Crippen molar-refractivity contribution >= 4 is 33.5 Å². The zero-order chi connectivity index (χ0) is 28.6. The second-order valence-electron chi connectivity index (χ2n) is 10.5. The predicted molar refractivity (Wildman–Crippen MR) is 162 cm³/mol. The van der Waals surface area contributed by atoms with Crippen molar-refractivity contribution < 1.29 is 14.0 Å². The SMILES string of the molecule is CCC(=O)CCCCC[C@H](NC(=O)CCn1c(CC)nc2ccccc21)c1ncc(-c2ccc3ccccc3c2)o1. The second kappa shape index (κ2) is 13.4. The number of rotatable bonds is 14. The van der Waals surface area contributed by atoms with E-state index in [1.165, 1.54) is 5.39 Å². The van der Waals surface area contributed by atoms with E-state index in [4.69, 9.17) is 9.40 Å². The molecule has 5 aromatic rings. The Balaban J connectivity index is 1.29. The summed E-state index contributed by atoms with van der Waals surface area (Å²) in [6.45, 7) is 4.53. The zero-order valence-electron chi connectivity index (χ0n) is 23.9. The number of fused-ring (bicyclic) bond motifs is 2. The Morgan fingerprint density at radius 3 is 2.56 bits per heavy atom. The number of benzene rings is 3. The molecule has 0 bridgehead atoms. The molecule has 2 aromatic heterocycles. The predicted octanol–water partition coefficient (Wildman–Crippen LogP) is 7.58. The molecule has 0 radical (unpaired) electrons. The number of nitrogens with one attached hydrogen (secondary N) is 1. The van der Waals surface area contributed by atoms with Gasteiger partial charge >= 0.3 is 0 Å². The topological polar surface area (TPSA) is 90.0 Å². The molecule has 212 valence electrons. The Kier molecular flexibility index (Phi) is 9.24. The van der Waals surface area contributed by atoms with E-state index in [0.717, 1.165) is 53.5 Å². The van der Waals surface area contributed by atoms with Gasteiger partial charge in [-0.25, -0.2) is 9.97 Å². The number of Topliss-reactive ketones (excluding diaryl/α,β-unsaturated/α-hetero) is 1. The van der Waals surface area contributed by atoms with Crippen molar-refractivity contribution in [1.29, 1.82) is 0 Å². The lowest BCUT2D eigenvalue weighted by atomic mass is 10.0. The third kappa shape index (κ3) is 6.91. The van der Waals surface area contributed by atoms with Gasteiger partial charge in [0.1, 0.15) is 17.6 Å². The highest BCUT2D eigenvalue weighted by Gasteiger charge is 2.21. The fourth-order valence-corrected chi connectivity index (χ4v) is 5.33. The average Bonchev–Trinajstić information content (AvgIpc) is 3.64.